The van der Waals surface area contributed by atoms with Crippen LogP contribution in [0.2, 0.25) is 0 Å². The Hall–Kier alpha value is -2.48. The third-order valence-electron chi connectivity index (χ3n) is 7.19. The normalized spacial score (nSPS) is 21.1. The van der Waals surface area contributed by atoms with E-state index in [1.165, 1.54) is 12.1 Å². The van der Waals surface area contributed by atoms with Gasteiger partial charge < -0.3 is 24.4 Å². The van der Waals surface area contributed by atoms with Gasteiger partial charge in [0.05, 0.1) is 13.2 Å². The summed E-state index contributed by atoms with van der Waals surface area (Å²) < 4.78 is 30.8. The van der Waals surface area contributed by atoms with Gasteiger partial charge in [0.2, 0.25) is 0 Å². The number of benzene rings is 2. The van der Waals surface area contributed by atoms with Gasteiger partial charge in [-0.2, -0.15) is 0 Å². The highest BCUT2D eigenvalue weighted by molar-refractivity contribution is 5.67. The molecule has 2 aromatic rings. The minimum absolute atomic E-state index is 0.00292. The Morgan fingerprint density at radius 3 is 2.56 bits per heavy atom. The summed E-state index contributed by atoms with van der Waals surface area (Å²) in [6.07, 6.45) is 4.90. The average molecular weight is 499 g/mol. The summed E-state index contributed by atoms with van der Waals surface area (Å²) in [6, 6.07) is 16.5. The smallest absolute Gasteiger partial charge is 0.407 e. The number of ether oxygens (including phenoxy) is 3. The van der Waals surface area contributed by atoms with Gasteiger partial charge in [0, 0.05) is 25.4 Å². The maximum Gasteiger partial charge on any atom is 0.407 e. The highest BCUT2D eigenvalue weighted by atomic mass is 19.1. The largest absolute Gasteiger partial charge is 0.445 e. The Morgan fingerprint density at radius 1 is 1.08 bits per heavy atom. The van der Waals surface area contributed by atoms with Gasteiger partial charge in [-0.3, -0.25) is 0 Å². The van der Waals surface area contributed by atoms with E-state index < -0.39 is 5.79 Å². The quantitative estimate of drug-likeness (QED) is 0.455. The molecule has 1 saturated heterocycles. The molecule has 1 N–H and O–H groups in total. The standard InChI is InChI=1S/C29H39FN2O4/c1-2-16-32(17-6-9-23-10-12-26(30)13-11-23)21-25-20-29(35-18-19-36-29)15-14-27(25)31-28(33)34-22-24-7-4-3-5-8-24/h3-5,7-8,10-13,25,27H,2,6,9,14-22H2,1H3,(H,31,33)/t25-,27+/m0/s1. The summed E-state index contributed by atoms with van der Waals surface area (Å²) in [5.74, 6) is -0.531. The van der Waals surface area contributed by atoms with E-state index in [0.29, 0.717) is 13.2 Å². The van der Waals surface area contributed by atoms with E-state index in [2.05, 4.69) is 17.1 Å². The zero-order valence-electron chi connectivity index (χ0n) is 21.3. The number of nitrogens with zero attached hydrogens (tertiary/aromatic N) is 1. The average Bonchev–Trinajstić information content (AvgIpc) is 3.34. The molecular weight excluding hydrogens is 459 g/mol. The third-order valence-corrected chi connectivity index (χ3v) is 7.19. The van der Waals surface area contributed by atoms with Crippen molar-refractivity contribution in [2.75, 3.05) is 32.8 Å². The summed E-state index contributed by atoms with van der Waals surface area (Å²) in [5, 5.41) is 3.15. The van der Waals surface area contributed by atoms with Crippen LogP contribution in [0.1, 0.15) is 50.2 Å². The first-order valence-corrected chi connectivity index (χ1v) is 13.3. The van der Waals surface area contributed by atoms with Crippen molar-refractivity contribution in [3.63, 3.8) is 0 Å². The van der Waals surface area contributed by atoms with Crippen LogP contribution in [0.15, 0.2) is 54.6 Å². The predicted octanol–water partition coefficient (Wildman–Crippen LogP) is 5.31. The van der Waals surface area contributed by atoms with Crippen LogP contribution in [0.3, 0.4) is 0 Å². The number of aryl methyl sites for hydroxylation is 1. The Morgan fingerprint density at radius 2 is 1.83 bits per heavy atom. The van der Waals surface area contributed by atoms with Gasteiger partial charge in [0.15, 0.2) is 5.79 Å². The molecule has 0 bridgehead atoms. The molecule has 1 heterocycles. The van der Waals surface area contributed by atoms with E-state index in [1.807, 2.05) is 42.5 Å². The number of hydrogen-bond donors (Lipinski definition) is 1. The summed E-state index contributed by atoms with van der Waals surface area (Å²) in [7, 11) is 0. The Bertz CT molecular complexity index is 934. The number of nitrogens with one attached hydrogen (secondary N) is 1. The monoisotopic (exact) mass is 498 g/mol. The van der Waals surface area contributed by atoms with Crippen molar-refractivity contribution in [1.29, 1.82) is 0 Å². The Kier molecular flexibility index (Phi) is 9.73. The van der Waals surface area contributed by atoms with Crippen molar-refractivity contribution in [2.45, 2.75) is 63.9 Å². The fourth-order valence-corrected chi connectivity index (χ4v) is 5.41. The van der Waals surface area contributed by atoms with Gasteiger partial charge in [-0.1, -0.05) is 49.4 Å². The molecule has 0 radical (unpaired) electrons. The third kappa shape index (κ3) is 7.76. The zero-order chi connectivity index (χ0) is 25.2. The number of amides is 1. The lowest BCUT2D eigenvalue weighted by atomic mass is 9.80. The maximum absolute atomic E-state index is 13.2. The lowest BCUT2D eigenvalue weighted by Crippen LogP contribution is -2.53. The molecule has 1 aliphatic heterocycles. The van der Waals surface area contributed by atoms with Crippen molar-refractivity contribution in [3.8, 4) is 0 Å². The van der Waals surface area contributed by atoms with Crippen LogP contribution in [-0.2, 0) is 27.2 Å². The van der Waals surface area contributed by atoms with Crippen LogP contribution >= 0.6 is 0 Å². The number of alkyl carbamates (subject to hydrolysis) is 1. The summed E-state index contributed by atoms with van der Waals surface area (Å²) in [6.45, 7) is 6.48. The first-order valence-electron chi connectivity index (χ1n) is 13.3. The van der Waals surface area contributed by atoms with Crippen molar-refractivity contribution >= 4 is 6.09 Å². The van der Waals surface area contributed by atoms with E-state index in [0.717, 1.165) is 69.3 Å². The van der Waals surface area contributed by atoms with Gasteiger partial charge in [0.1, 0.15) is 12.4 Å². The first kappa shape index (κ1) is 26.6. The van der Waals surface area contributed by atoms with Crippen LogP contribution in [0, 0.1) is 11.7 Å². The second kappa shape index (κ2) is 13.2. The molecule has 1 spiro atoms. The minimum atomic E-state index is -0.525. The molecule has 0 unspecified atom stereocenters. The minimum Gasteiger partial charge on any atom is -0.445 e. The van der Waals surface area contributed by atoms with Crippen LogP contribution in [0.5, 0.6) is 0 Å². The second-order valence-corrected chi connectivity index (χ2v) is 9.95. The van der Waals surface area contributed by atoms with E-state index in [4.69, 9.17) is 14.2 Å². The molecule has 1 saturated carbocycles. The van der Waals surface area contributed by atoms with E-state index in [9.17, 15) is 9.18 Å². The van der Waals surface area contributed by atoms with Gasteiger partial charge in [-0.15, -0.1) is 0 Å². The van der Waals surface area contributed by atoms with Crippen LogP contribution in [-0.4, -0.2) is 55.7 Å². The Balaban J connectivity index is 1.34. The molecule has 6 nitrogen and oxygen atoms in total. The number of rotatable bonds is 11. The van der Waals surface area contributed by atoms with Crippen molar-refractivity contribution in [3.05, 3.63) is 71.5 Å². The summed E-state index contributed by atoms with van der Waals surface area (Å²) >= 11 is 0. The molecule has 1 amide bonds. The van der Waals surface area contributed by atoms with Crippen molar-refractivity contribution in [1.82, 2.24) is 10.2 Å². The molecule has 196 valence electrons. The SMILES string of the molecule is CCCN(CCCc1ccc(F)cc1)C[C@@H]1CC2(CC[C@H]1NC(=O)OCc1ccccc1)OCCO2. The molecule has 36 heavy (non-hydrogen) atoms. The molecule has 2 atom stereocenters. The molecule has 1 aliphatic carbocycles. The maximum atomic E-state index is 13.2. The number of carbonyl (C=O) groups is 1. The highest BCUT2D eigenvalue weighted by Gasteiger charge is 2.45. The fraction of sp³-hybridized carbons (Fsp3) is 0.552. The molecular formula is C29H39FN2O4. The van der Waals surface area contributed by atoms with Crippen LogP contribution in [0.25, 0.3) is 0 Å². The lowest BCUT2D eigenvalue weighted by molar-refractivity contribution is -0.191. The van der Waals surface area contributed by atoms with Gasteiger partial charge in [-0.25, -0.2) is 9.18 Å². The number of hydrogen-bond acceptors (Lipinski definition) is 5. The molecule has 0 aromatic heterocycles. The topological polar surface area (TPSA) is 60.0 Å². The second-order valence-electron chi connectivity index (χ2n) is 9.95. The molecule has 2 aliphatic rings. The van der Waals surface area contributed by atoms with E-state index >= 15 is 0 Å². The van der Waals surface area contributed by atoms with Crippen LogP contribution in [0.4, 0.5) is 9.18 Å². The summed E-state index contributed by atoms with van der Waals surface area (Å²) in [5.41, 5.74) is 2.12. The van der Waals surface area contributed by atoms with Crippen molar-refractivity contribution < 1.29 is 23.4 Å². The van der Waals surface area contributed by atoms with E-state index in [-0.39, 0.29) is 30.5 Å². The fourth-order valence-electron chi connectivity index (χ4n) is 5.41. The summed E-state index contributed by atoms with van der Waals surface area (Å²) in [4.78, 5) is 15.1. The molecule has 2 fully saturated rings. The van der Waals surface area contributed by atoms with Crippen molar-refractivity contribution in [2.24, 2.45) is 5.92 Å². The lowest BCUT2D eigenvalue weighted by Gasteiger charge is -2.43. The molecule has 7 heteroatoms. The van der Waals surface area contributed by atoms with E-state index in [1.54, 1.807) is 0 Å². The Labute approximate surface area is 214 Å². The molecule has 2 aromatic carbocycles. The van der Waals surface area contributed by atoms with Gasteiger partial charge in [0.25, 0.3) is 0 Å². The molecule has 4 rings (SSSR count). The predicted molar refractivity (Wildman–Crippen MR) is 137 cm³/mol. The first-order chi connectivity index (χ1) is 17.5. The van der Waals surface area contributed by atoms with Gasteiger partial charge in [-0.05, 0) is 68.0 Å². The number of halogens is 1. The number of carbonyl (C=O) groups excluding carboxylic acids is 1. The van der Waals surface area contributed by atoms with Gasteiger partial charge >= 0.3 is 6.09 Å². The highest BCUT2D eigenvalue weighted by Crippen LogP contribution is 2.39. The van der Waals surface area contributed by atoms with Crippen LogP contribution < -0.4 is 5.32 Å². The zero-order valence-corrected chi connectivity index (χ0v) is 21.3.